The van der Waals surface area contributed by atoms with Crippen LogP contribution >= 0.6 is 11.3 Å². The summed E-state index contributed by atoms with van der Waals surface area (Å²) in [5.41, 5.74) is 3.72. The minimum absolute atomic E-state index is 0.620. The maximum Gasteiger partial charge on any atom is 0.0973 e. The molecule has 3 nitrogen and oxygen atoms in total. The Morgan fingerprint density at radius 2 is 2.08 bits per heavy atom. The molecule has 1 fully saturated rings. The minimum atomic E-state index is 0.620. The van der Waals surface area contributed by atoms with Crippen LogP contribution in [0.3, 0.4) is 0 Å². The largest absolute Gasteiger partial charge is 0.306 e. The standard InChI is InChI=1S/C20H27N3S/c1-13-4-6-17(21-11-13)15-5-7-19-18(10-15)22-20(24-19)16-8-9-23(3)12-14(16)2/h5,7,10,13-14,16H,4,6,8-9,11-12H2,1-3H3/t13-,14?,16?/m0/s1. The van der Waals surface area contributed by atoms with Gasteiger partial charge in [0.25, 0.3) is 0 Å². The number of hydrogen-bond acceptors (Lipinski definition) is 4. The summed E-state index contributed by atoms with van der Waals surface area (Å²) in [7, 11) is 2.23. The number of benzene rings is 1. The Morgan fingerprint density at radius 1 is 1.21 bits per heavy atom. The molecule has 0 aliphatic carbocycles. The van der Waals surface area contributed by atoms with Crippen molar-refractivity contribution >= 4 is 27.3 Å². The minimum Gasteiger partial charge on any atom is -0.306 e. The molecule has 2 aliphatic rings. The third kappa shape index (κ3) is 3.14. The lowest BCUT2D eigenvalue weighted by molar-refractivity contribution is 0.195. The van der Waals surface area contributed by atoms with E-state index in [4.69, 9.17) is 9.98 Å². The van der Waals surface area contributed by atoms with Gasteiger partial charge >= 0.3 is 0 Å². The van der Waals surface area contributed by atoms with Crippen molar-refractivity contribution in [3.8, 4) is 0 Å². The van der Waals surface area contributed by atoms with Crippen LogP contribution in [0.2, 0.25) is 0 Å². The number of thiazole rings is 1. The second kappa shape index (κ2) is 6.57. The van der Waals surface area contributed by atoms with Crippen LogP contribution in [0.15, 0.2) is 23.2 Å². The molecule has 24 heavy (non-hydrogen) atoms. The zero-order chi connectivity index (χ0) is 16.7. The maximum atomic E-state index is 5.03. The van der Waals surface area contributed by atoms with E-state index in [1.807, 2.05) is 11.3 Å². The van der Waals surface area contributed by atoms with Crippen molar-refractivity contribution in [1.29, 1.82) is 0 Å². The van der Waals surface area contributed by atoms with E-state index >= 15 is 0 Å². The number of piperidine rings is 1. The van der Waals surface area contributed by atoms with E-state index in [0.717, 1.165) is 18.9 Å². The highest BCUT2D eigenvalue weighted by atomic mass is 32.1. The first kappa shape index (κ1) is 16.2. The van der Waals surface area contributed by atoms with Gasteiger partial charge in [0, 0.05) is 24.7 Å². The van der Waals surface area contributed by atoms with E-state index in [-0.39, 0.29) is 0 Å². The Morgan fingerprint density at radius 3 is 2.83 bits per heavy atom. The first-order valence-corrected chi connectivity index (χ1v) is 10.0. The van der Waals surface area contributed by atoms with Crippen LogP contribution in [0.4, 0.5) is 0 Å². The van der Waals surface area contributed by atoms with E-state index in [2.05, 4.69) is 44.0 Å². The molecule has 1 aromatic heterocycles. The molecule has 0 bridgehead atoms. The smallest absolute Gasteiger partial charge is 0.0973 e. The van der Waals surface area contributed by atoms with Crippen molar-refractivity contribution in [1.82, 2.24) is 9.88 Å². The van der Waals surface area contributed by atoms with Crippen LogP contribution in [-0.4, -0.2) is 42.3 Å². The van der Waals surface area contributed by atoms with E-state index in [1.165, 1.54) is 52.4 Å². The van der Waals surface area contributed by atoms with Gasteiger partial charge in [0.15, 0.2) is 0 Å². The first-order valence-electron chi connectivity index (χ1n) is 9.23. The lowest BCUT2D eigenvalue weighted by Gasteiger charge is -2.33. The van der Waals surface area contributed by atoms with Crippen LogP contribution in [0.1, 0.15) is 49.6 Å². The van der Waals surface area contributed by atoms with Gasteiger partial charge in [-0.05, 0) is 62.4 Å². The zero-order valence-corrected chi connectivity index (χ0v) is 15.8. The van der Waals surface area contributed by atoms with E-state index in [9.17, 15) is 0 Å². The van der Waals surface area contributed by atoms with Gasteiger partial charge in [-0.25, -0.2) is 4.98 Å². The Balaban J connectivity index is 1.62. The highest BCUT2D eigenvalue weighted by Gasteiger charge is 2.28. The van der Waals surface area contributed by atoms with Crippen molar-refractivity contribution in [2.75, 3.05) is 26.7 Å². The average molecular weight is 342 g/mol. The molecule has 0 radical (unpaired) electrons. The first-order chi connectivity index (χ1) is 11.6. The van der Waals surface area contributed by atoms with Gasteiger partial charge in [0.1, 0.15) is 0 Å². The zero-order valence-electron chi connectivity index (χ0n) is 15.0. The van der Waals surface area contributed by atoms with Gasteiger partial charge < -0.3 is 4.90 Å². The number of aliphatic imine (C=N–C) groups is 1. The molecule has 0 amide bonds. The third-order valence-corrected chi connectivity index (χ3v) is 6.80. The van der Waals surface area contributed by atoms with Crippen molar-refractivity contribution in [3.63, 3.8) is 0 Å². The molecule has 3 heterocycles. The van der Waals surface area contributed by atoms with Gasteiger partial charge in [-0.15, -0.1) is 11.3 Å². The molecule has 3 atom stereocenters. The Bertz CT molecular complexity index is 763. The molecule has 4 heteroatoms. The number of rotatable bonds is 2. The molecule has 0 spiro atoms. The van der Waals surface area contributed by atoms with Gasteiger partial charge in [-0.3, -0.25) is 4.99 Å². The number of fused-ring (bicyclic) bond motifs is 1. The molecule has 0 N–H and O–H groups in total. The van der Waals surface area contributed by atoms with Crippen molar-refractivity contribution in [2.45, 2.75) is 39.0 Å². The van der Waals surface area contributed by atoms with Crippen LogP contribution in [-0.2, 0) is 0 Å². The van der Waals surface area contributed by atoms with E-state index in [0.29, 0.717) is 11.8 Å². The average Bonchev–Trinajstić information content (AvgIpc) is 2.98. The lowest BCUT2D eigenvalue weighted by atomic mass is 9.88. The number of nitrogens with zero attached hydrogens (tertiary/aromatic N) is 3. The Hall–Kier alpha value is -1.26. The molecule has 4 rings (SSSR count). The summed E-state index contributed by atoms with van der Waals surface area (Å²) in [4.78, 5) is 12.3. The van der Waals surface area contributed by atoms with Gasteiger partial charge in [-0.1, -0.05) is 19.9 Å². The summed E-state index contributed by atoms with van der Waals surface area (Å²) < 4.78 is 1.32. The fraction of sp³-hybridized carbons (Fsp3) is 0.600. The topological polar surface area (TPSA) is 28.5 Å². The summed E-state index contributed by atoms with van der Waals surface area (Å²) >= 11 is 1.90. The van der Waals surface area contributed by atoms with Crippen molar-refractivity contribution in [2.24, 2.45) is 16.8 Å². The van der Waals surface area contributed by atoms with Crippen molar-refractivity contribution in [3.05, 3.63) is 28.8 Å². The molecule has 1 aromatic carbocycles. The predicted octanol–water partition coefficient (Wildman–Crippen LogP) is 4.57. The van der Waals surface area contributed by atoms with Crippen molar-refractivity contribution < 1.29 is 0 Å². The summed E-state index contributed by atoms with van der Waals surface area (Å²) in [5, 5.41) is 1.34. The number of aromatic nitrogens is 1. The molecule has 128 valence electrons. The van der Waals surface area contributed by atoms with Crippen LogP contribution in [0.5, 0.6) is 0 Å². The van der Waals surface area contributed by atoms with Crippen LogP contribution in [0.25, 0.3) is 10.2 Å². The predicted molar refractivity (Wildman–Crippen MR) is 103 cm³/mol. The Kier molecular flexibility index (Phi) is 4.44. The second-order valence-electron chi connectivity index (χ2n) is 7.80. The van der Waals surface area contributed by atoms with E-state index in [1.54, 1.807) is 0 Å². The fourth-order valence-electron chi connectivity index (χ4n) is 4.06. The molecule has 1 saturated heterocycles. The summed E-state index contributed by atoms with van der Waals surface area (Å²) in [6.07, 6.45) is 3.59. The van der Waals surface area contributed by atoms with E-state index < -0.39 is 0 Å². The fourth-order valence-corrected chi connectivity index (χ4v) is 5.28. The van der Waals surface area contributed by atoms with Gasteiger partial charge in [0.2, 0.25) is 0 Å². The van der Waals surface area contributed by atoms with Crippen LogP contribution < -0.4 is 0 Å². The molecule has 2 aromatic rings. The SMILES string of the molecule is CC1CN(C)CCC1c1nc2cc(C3=NC[C@@H](C)CC3)ccc2s1. The Labute approximate surface area is 148 Å². The van der Waals surface area contributed by atoms with Gasteiger partial charge in [-0.2, -0.15) is 0 Å². The third-order valence-electron chi connectivity index (χ3n) is 5.63. The molecule has 2 aliphatic heterocycles. The highest BCUT2D eigenvalue weighted by molar-refractivity contribution is 7.18. The highest BCUT2D eigenvalue weighted by Crippen LogP contribution is 2.37. The number of hydrogen-bond donors (Lipinski definition) is 0. The molecular weight excluding hydrogens is 314 g/mol. The monoisotopic (exact) mass is 341 g/mol. The second-order valence-corrected chi connectivity index (χ2v) is 8.86. The lowest BCUT2D eigenvalue weighted by Crippen LogP contribution is -2.35. The maximum absolute atomic E-state index is 5.03. The summed E-state index contributed by atoms with van der Waals surface area (Å²) in [6, 6.07) is 6.77. The molecular formula is C20H27N3S. The summed E-state index contributed by atoms with van der Waals surface area (Å²) in [6.45, 7) is 8.00. The molecule has 2 unspecified atom stereocenters. The normalized spacial score (nSPS) is 29.0. The van der Waals surface area contributed by atoms with Crippen LogP contribution in [0, 0.1) is 11.8 Å². The number of likely N-dealkylation sites (tertiary alicyclic amines) is 1. The quantitative estimate of drug-likeness (QED) is 0.800. The van der Waals surface area contributed by atoms with Gasteiger partial charge in [0.05, 0.1) is 15.2 Å². The summed E-state index contributed by atoms with van der Waals surface area (Å²) in [5.74, 6) is 2.04. The molecule has 0 saturated carbocycles.